The van der Waals surface area contributed by atoms with Crippen LogP contribution in [0.3, 0.4) is 0 Å². The Kier molecular flexibility index (Phi) is 5.32. The average molecular weight is 406 g/mol. The number of nitrogens with zero attached hydrogens (tertiary/aromatic N) is 2. The Balaban J connectivity index is 1.56. The summed E-state index contributed by atoms with van der Waals surface area (Å²) in [4.78, 5) is 31.7. The summed E-state index contributed by atoms with van der Waals surface area (Å²) in [6.07, 6.45) is 1.78. The Morgan fingerprint density at radius 2 is 1.93 bits per heavy atom. The molecule has 1 aromatic heterocycles. The first-order valence-corrected chi connectivity index (χ1v) is 9.77. The number of aryl methyl sites for hydroxylation is 1. The Labute approximate surface area is 174 Å². The number of hydrogen-bond donors (Lipinski definition) is 1. The first-order valence-electron chi connectivity index (χ1n) is 9.39. The summed E-state index contributed by atoms with van der Waals surface area (Å²) in [5.41, 5.74) is 4.02. The zero-order valence-corrected chi connectivity index (χ0v) is 16.7. The largest absolute Gasteiger partial charge is 0.352 e. The van der Waals surface area contributed by atoms with E-state index < -0.39 is 6.04 Å². The molecule has 2 heterocycles. The lowest BCUT2D eigenvalue weighted by Crippen LogP contribution is -2.32. The lowest BCUT2D eigenvalue weighted by molar-refractivity contribution is -0.121. The average Bonchev–Trinajstić information content (AvgIpc) is 2.99. The van der Waals surface area contributed by atoms with Gasteiger partial charge in [0.05, 0.1) is 23.7 Å². The topological polar surface area (TPSA) is 62.3 Å². The summed E-state index contributed by atoms with van der Waals surface area (Å²) in [5.74, 6) is -0.298. The molecule has 0 bridgehead atoms. The summed E-state index contributed by atoms with van der Waals surface area (Å²) < 4.78 is 0. The third-order valence-electron chi connectivity index (χ3n) is 4.97. The zero-order chi connectivity index (χ0) is 20.4. The molecule has 0 radical (unpaired) electrons. The smallest absolute Gasteiger partial charge is 0.260 e. The Morgan fingerprint density at radius 3 is 2.69 bits per heavy atom. The van der Waals surface area contributed by atoms with Gasteiger partial charge in [-0.3, -0.25) is 19.5 Å². The minimum atomic E-state index is -0.461. The molecular weight excluding hydrogens is 386 g/mol. The van der Waals surface area contributed by atoms with Crippen molar-refractivity contribution in [3.05, 3.63) is 94.3 Å². The molecule has 146 valence electrons. The number of rotatable bonds is 5. The number of nitrogens with one attached hydrogen (secondary N) is 1. The first-order chi connectivity index (χ1) is 14.0. The lowest BCUT2D eigenvalue weighted by Gasteiger charge is -2.24. The molecular formula is C23H20ClN3O2. The molecule has 0 fully saturated rings. The van der Waals surface area contributed by atoms with Crippen molar-refractivity contribution in [2.75, 3.05) is 4.90 Å². The Morgan fingerprint density at radius 1 is 1.14 bits per heavy atom. The predicted molar refractivity (Wildman–Crippen MR) is 113 cm³/mol. The van der Waals surface area contributed by atoms with Crippen molar-refractivity contribution in [2.45, 2.75) is 25.9 Å². The number of amides is 2. The Hall–Kier alpha value is -3.18. The van der Waals surface area contributed by atoms with E-state index in [4.69, 9.17) is 11.6 Å². The van der Waals surface area contributed by atoms with Crippen molar-refractivity contribution in [2.24, 2.45) is 0 Å². The van der Waals surface area contributed by atoms with Crippen molar-refractivity contribution in [3.63, 3.8) is 0 Å². The quantitative estimate of drug-likeness (QED) is 0.682. The number of benzene rings is 2. The standard InChI is InChI=1S/C23H20ClN3O2/c1-15-4-2-5-16(12-15)14-26-21(28)13-20-22-19(6-3-11-25-22)23(29)27(20)18-9-7-17(24)8-10-18/h2-12,20H,13-14H2,1H3,(H,26,28). The van der Waals surface area contributed by atoms with Crippen molar-refractivity contribution in [1.29, 1.82) is 0 Å². The number of halogens is 1. The van der Waals surface area contributed by atoms with Crippen molar-refractivity contribution >= 4 is 29.1 Å². The van der Waals surface area contributed by atoms with Crippen LogP contribution in [-0.2, 0) is 11.3 Å². The lowest BCUT2D eigenvalue weighted by atomic mass is 10.1. The highest BCUT2D eigenvalue weighted by atomic mass is 35.5. The monoisotopic (exact) mass is 405 g/mol. The molecule has 0 saturated heterocycles. The zero-order valence-electron chi connectivity index (χ0n) is 15.9. The van der Waals surface area contributed by atoms with Crippen LogP contribution in [0.2, 0.25) is 5.02 Å². The fraction of sp³-hybridized carbons (Fsp3) is 0.174. The van der Waals surface area contributed by atoms with Crippen molar-refractivity contribution < 1.29 is 9.59 Å². The van der Waals surface area contributed by atoms with Gasteiger partial charge in [-0.05, 0) is 48.9 Å². The van der Waals surface area contributed by atoms with Gasteiger partial charge in [-0.15, -0.1) is 0 Å². The second kappa shape index (κ2) is 8.05. The second-order valence-corrected chi connectivity index (χ2v) is 7.51. The van der Waals surface area contributed by atoms with Crippen LogP contribution < -0.4 is 10.2 Å². The molecule has 2 amide bonds. The fourth-order valence-corrected chi connectivity index (χ4v) is 3.74. The first kappa shape index (κ1) is 19.2. The summed E-state index contributed by atoms with van der Waals surface area (Å²) in [5, 5.41) is 3.54. The molecule has 1 atom stereocenters. The van der Waals surface area contributed by atoms with E-state index in [9.17, 15) is 9.59 Å². The molecule has 0 aliphatic carbocycles. The molecule has 3 aromatic rings. The summed E-state index contributed by atoms with van der Waals surface area (Å²) >= 11 is 6.00. The highest BCUT2D eigenvalue weighted by Gasteiger charge is 2.39. The third kappa shape index (κ3) is 4.00. The fourth-order valence-electron chi connectivity index (χ4n) is 3.61. The van der Waals surface area contributed by atoms with Gasteiger partial charge in [-0.2, -0.15) is 0 Å². The number of fused-ring (bicyclic) bond motifs is 1. The van der Waals surface area contributed by atoms with Gasteiger partial charge in [0.25, 0.3) is 5.91 Å². The molecule has 0 saturated carbocycles. The number of carbonyl (C=O) groups is 2. The van der Waals surface area contributed by atoms with Gasteiger partial charge >= 0.3 is 0 Å². The maximum absolute atomic E-state index is 13.0. The van der Waals surface area contributed by atoms with Gasteiger partial charge in [0.2, 0.25) is 5.91 Å². The highest BCUT2D eigenvalue weighted by molar-refractivity contribution is 6.30. The SMILES string of the molecule is Cc1cccc(CNC(=O)CC2c3ncccc3C(=O)N2c2ccc(Cl)cc2)c1. The van der Waals surface area contributed by atoms with E-state index in [1.165, 1.54) is 0 Å². The van der Waals surface area contributed by atoms with E-state index >= 15 is 0 Å². The van der Waals surface area contributed by atoms with E-state index in [-0.39, 0.29) is 18.2 Å². The normalized spacial score (nSPS) is 15.3. The second-order valence-electron chi connectivity index (χ2n) is 7.07. The predicted octanol–water partition coefficient (Wildman–Crippen LogP) is 4.45. The van der Waals surface area contributed by atoms with Crippen molar-refractivity contribution in [3.8, 4) is 0 Å². The molecule has 29 heavy (non-hydrogen) atoms. The van der Waals surface area contributed by atoms with Gasteiger partial charge in [0, 0.05) is 23.5 Å². The maximum Gasteiger partial charge on any atom is 0.260 e. The summed E-state index contributed by atoms with van der Waals surface area (Å²) in [6.45, 7) is 2.46. The highest BCUT2D eigenvalue weighted by Crippen LogP contribution is 2.38. The van der Waals surface area contributed by atoms with Gasteiger partial charge in [0.1, 0.15) is 0 Å². The Bertz CT molecular complexity index is 1070. The molecule has 1 N–H and O–H groups in total. The van der Waals surface area contributed by atoms with Crippen LogP contribution in [0.25, 0.3) is 0 Å². The molecule has 6 heteroatoms. The van der Waals surface area contributed by atoms with Crippen LogP contribution in [0, 0.1) is 6.92 Å². The molecule has 1 aliphatic heterocycles. The van der Waals surface area contributed by atoms with E-state index in [1.54, 1.807) is 47.5 Å². The van der Waals surface area contributed by atoms with Crippen LogP contribution in [0.15, 0.2) is 66.9 Å². The molecule has 0 spiro atoms. The van der Waals surface area contributed by atoms with Gasteiger partial charge in [-0.25, -0.2) is 0 Å². The van der Waals surface area contributed by atoms with Crippen LogP contribution in [0.1, 0.15) is 39.6 Å². The molecule has 1 unspecified atom stereocenters. The third-order valence-corrected chi connectivity index (χ3v) is 5.22. The molecule has 5 nitrogen and oxygen atoms in total. The van der Waals surface area contributed by atoms with Gasteiger partial charge in [-0.1, -0.05) is 41.4 Å². The van der Waals surface area contributed by atoms with Crippen LogP contribution in [0.5, 0.6) is 0 Å². The maximum atomic E-state index is 13.0. The number of pyridine rings is 1. The molecule has 1 aliphatic rings. The summed E-state index contributed by atoms with van der Waals surface area (Å²) in [6, 6.07) is 18.0. The van der Waals surface area contributed by atoms with E-state index in [1.807, 2.05) is 31.2 Å². The minimum absolute atomic E-state index is 0.129. The van der Waals surface area contributed by atoms with E-state index in [2.05, 4.69) is 10.3 Å². The number of carbonyl (C=O) groups excluding carboxylic acids is 2. The van der Waals surface area contributed by atoms with E-state index in [0.717, 1.165) is 11.1 Å². The van der Waals surface area contributed by atoms with Crippen LogP contribution in [-0.4, -0.2) is 16.8 Å². The molecule has 4 rings (SSSR count). The van der Waals surface area contributed by atoms with Crippen LogP contribution in [0.4, 0.5) is 5.69 Å². The van der Waals surface area contributed by atoms with Gasteiger partial charge < -0.3 is 5.32 Å². The van der Waals surface area contributed by atoms with Crippen molar-refractivity contribution in [1.82, 2.24) is 10.3 Å². The number of aromatic nitrogens is 1. The van der Waals surface area contributed by atoms with Crippen LogP contribution >= 0.6 is 11.6 Å². The minimum Gasteiger partial charge on any atom is -0.352 e. The van der Waals surface area contributed by atoms with E-state index in [0.29, 0.717) is 28.5 Å². The number of anilines is 1. The molecule has 2 aromatic carbocycles. The summed E-state index contributed by atoms with van der Waals surface area (Å²) in [7, 11) is 0. The number of hydrogen-bond acceptors (Lipinski definition) is 3. The van der Waals surface area contributed by atoms with Gasteiger partial charge in [0.15, 0.2) is 0 Å².